The molecule has 0 unspecified atom stereocenters. The number of pyridine rings is 1. The van der Waals surface area contributed by atoms with Crippen LogP contribution in [0.15, 0.2) is 47.1 Å². The average molecular weight is 399 g/mol. The van der Waals surface area contributed by atoms with Gasteiger partial charge in [0.15, 0.2) is 0 Å². The number of aromatic carboxylic acids is 1. The number of carbonyl (C=O) groups is 1. The molecule has 0 fully saturated rings. The molecular formula is C16H10BrF3N2O2. The van der Waals surface area contributed by atoms with Gasteiger partial charge in [0, 0.05) is 16.1 Å². The van der Waals surface area contributed by atoms with Crippen molar-refractivity contribution in [3.63, 3.8) is 0 Å². The van der Waals surface area contributed by atoms with Crippen molar-refractivity contribution < 1.29 is 23.1 Å². The number of aromatic nitrogens is 2. The Bertz CT molecular complexity index is 935. The summed E-state index contributed by atoms with van der Waals surface area (Å²) in [7, 11) is 0. The van der Waals surface area contributed by atoms with Gasteiger partial charge in [0.25, 0.3) is 0 Å². The smallest absolute Gasteiger partial charge is 0.416 e. The predicted molar refractivity (Wildman–Crippen MR) is 84.9 cm³/mol. The first-order chi connectivity index (χ1) is 11.3. The Morgan fingerprint density at radius 1 is 1.25 bits per heavy atom. The summed E-state index contributed by atoms with van der Waals surface area (Å²) in [5.41, 5.74) is 0.276. The van der Waals surface area contributed by atoms with Crippen molar-refractivity contribution in [3.8, 4) is 0 Å². The highest BCUT2D eigenvalue weighted by Crippen LogP contribution is 2.35. The van der Waals surface area contributed by atoms with E-state index in [4.69, 9.17) is 5.11 Å². The Morgan fingerprint density at radius 2 is 2.00 bits per heavy atom. The van der Waals surface area contributed by atoms with Gasteiger partial charge in [-0.3, -0.25) is 0 Å². The number of benzene rings is 1. The van der Waals surface area contributed by atoms with Gasteiger partial charge in [-0.15, -0.1) is 0 Å². The summed E-state index contributed by atoms with van der Waals surface area (Å²) in [6, 6.07) is 8.31. The Hall–Kier alpha value is -2.35. The molecule has 0 saturated carbocycles. The molecule has 24 heavy (non-hydrogen) atoms. The normalized spacial score (nSPS) is 11.8. The summed E-state index contributed by atoms with van der Waals surface area (Å²) < 4.78 is 40.7. The molecule has 2 heterocycles. The van der Waals surface area contributed by atoms with Gasteiger partial charge in [-0.05, 0) is 46.3 Å². The maximum Gasteiger partial charge on any atom is 0.416 e. The van der Waals surface area contributed by atoms with E-state index in [9.17, 15) is 18.0 Å². The van der Waals surface area contributed by atoms with Gasteiger partial charge in [-0.2, -0.15) is 13.2 Å². The fraction of sp³-hybridized carbons (Fsp3) is 0.125. The lowest BCUT2D eigenvalue weighted by molar-refractivity contribution is -0.137. The Morgan fingerprint density at radius 3 is 2.67 bits per heavy atom. The van der Waals surface area contributed by atoms with E-state index < -0.39 is 17.7 Å². The second kappa shape index (κ2) is 5.94. The second-order valence-corrected chi connectivity index (χ2v) is 6.01. The SMILES string of the molecule is O=C(O)c1cccc(Cn2ccc3cc(C(F)(F)F)cc(Br)c32)n1. The zero-order valence-corrected chi connectivity index (χ0v) is 13.6. The van der Waals surface area contributed by atoms with Gasteiger partial charge in [0.2, 0.25) is 0 Å². The predicted octanol–water partition coefficient (Wildman–Crippen LogP) is 4.56. The molecule has 1 aromatic carbocycles. The number of fused-ring (bicyclic) bond motifs is 1. The monoisotopic (exact) mass is 398 g/mol. The first-order valence-electron chi connectivity index (χ1n) is 6.80. The zero-order chi connectivity index (χ0) is 17.5. The first kappa shape index (κ1) is 16.5. The average Bonchev–Trinajstić information content (AvgIpc) is 2.90. The summed E-state index contributed by atoms with van der Waals surface area (Å²) in [5, 5.41) is 9.41. The van der Waals surface area contributed by atoms with Crippen molar-refractivity contribution in [2.75, 3.05) is 0 Å². The molecule has 0 radical (unpaired) electrons. The molecule has 2 aromatic heterocycles. The molecular weight excluding hydrogens is 389 g/mol. The quantitative estimate of drug-likeness (QED) is 0.703. The van der Waals surface area contributed by atoms with Crippen LogP contribution >= 0.6 is 15.9 Å². The van der Waals surface area contributed by atoms with Crippen LogP contribution in [0.2, 0.25) is 0 Å². The van der Waals surface area contributed by atoms with E-state index in [1.54, 1.807) is 29.0 Å². The van der Waals surface area contributed by atoms with E-state index >= 15 is 0 Å². The van der Waals surface area contributed by atoms with Crippen LogP contribution in [0.25, 0.3) is 10.9 Å². The third-order valence-corrected chi connectivity index (χ3v) is 4.10. The van der Waals surface area contributed by atoms with Crippen LogP contribution in [0.4, 0.5) is 13.2 Å². The Balaban J connectivity index is 2.02. The molecule has 1 N–H and O–H groups in total. The van der Waals surface area contributed by atoms with Gasteiger partial charge in [0.1, 0.15) is 5.69 Å². The molecule has 8 heteroatoms. The van der Waals surface area contributed by atoms with Crippen molar-refractivity contribution in [1.29, 1.82) is 0 Å². The number of alkyl halides is 3. The molecule has 0 saturated heterocycles. The molecule has 4 nitrogen and oxygen atoms in total. The zero-order valence-electron chi connectivity index (χ0n) is 12.0. The van der Waals surface area contributed by atoms with E-state index in [1.165, 1.54) is 6.07 Å². The van der Waals surface area contributed by atoms with E-state index in [1.807, 2.05) is 0 Å². The molecule has 3 aromatic rings. The third kappa shape index (κ3) is 3.14. The summed E-state index contributed by atoms with van der Waals surface area (Å²) in [6.07, 6.45) is -2.78. The van der Waals surface area contributed by atoms with Gasteiger partial charge in [-0.25, -0.2) is 9.78 Å². The van der Waals surface area contributed by atoms with Crippen LogP contribution < -0.4 is 0 Å². The maximum atomic E-state index is 12.9. The van der Waals surface area contributed by atoms with E-state index in [-0.39, 0.29) is 12.2 Å². The van der Waals surface area contributed by atoms with E-state index in [2.05, 4.69) is 20.9 Å². The lowest BCUT2D eigenvalue weighted by atomic mass is 10.1. The topological polar surface area (TPSA) is 55.1 Å². The van der Waals surface area contributed by atoms with Gasteiger partial charge in [0.05, 0.1) is 23.3 Å². The Kier molecular flexibility index (Phi) is 4.08. The molecule has 0 aliphatic heterocycles. The van der Waals surface area contributed by atoms with Crippen molar-refractivity contribution in [1.82, 2.24) is 9.55 Å². The molecule has 0 aliphatic carbocycles. The number of nitrogens with zero attached hydrogens (tertiary/aromatic N) is 2. The molecule has 124 valence electrons. The summed E-state index contributed by atoms with van der Waals surface area (Å²) >= 11 is 3.19. The minimum Gasteiger partial charge on any atom is -0.477 e. The molecule has 0 spiro atoms. The minimum absolute atomic E-state index is 0.0811. The second-order valence-electron chi connectivity index (χ2n) is 5.16. The van der Waals surface area contributed by atoms with Crippen LogP contribution in [-0.2, 0) is 12.7 Å². The minimum atomic E-state index is -4.42. The van der Waals surface area contributed by atoms with Gasteiger partial charge >= 0.3 is 12.1 Å². The lowest BCUT2D eigenvalue weighted by Gasteiger charge is -2.10. The summed E-state index contributed by atoms with van der Waals surface area (Å²) in [5.74, 6) is -1.13. The number of rotatable bonds is 3. The highest BCUT2D eigenvalue weighted by atomic mass is 79.9. The molecule has 0 atom stereocenters. The third-order valence-electron chi connectivity index (χ3n) is 3.50. The number of halogens is 4. The van der Waals surface area contributed by atoms with Crippen LogP contribution in [0, 0.1) is 0 Å². The van der Waals surface area contributed by atoms with Gasteiger partial charge in [-0.1, -0.05) is 6.07 Å². The standard InChI is InChI=1S/C16H10BrF3N2O2/c17-12-7-10(16(18,19)20)6-9-4-5-22(14(9)12)8-11-2-1-3-13(21-11)15(23)24/h1-7H,8H2,(H,23,24). The van der Waals surface area contributed by atoms with Crippen LogP contribution in [-0.4, -0.2) is 20.6 Å². The van der Waals surface area contributed by atoms with Crippen LogP contribution in [0.5, 0.6) is 0 Å². The fourth-order valence-corrected chi connectivity index (χ4v) is 3.16. The first-order valence-corrected chi connectivity index (χ1v) is 7.60. The maximum absolute atomic E-state index is 12.9. The van der Waals surface area contributed by atoms with Crippen molar-refractivity contribution in [2.24, 2.45) is 0 Å². The van der Waals surface area contributed by atoms with E-state index in [0.29, 0.717) is 21.1 Å². The molecule has 3 rings (SSSR count). The highest BCUT2D eigenvalue weighted by Gasteiger charge is 2.31. The summed E-state index contributed by atoms with van der Waals surface area (Å²) in [4.78, 5) is 15.0. The van der Waals surface area contributed by atoms with E-state index in [0.717, 1.165) is 12.1 Å². The van der Waals surface area contributed by atoms with Crippen LogP contribution in [0.1, 0.15) is 21.7 Å². The molecule has 0 aliphatic rings. The van der Waals surface area contributed by atoms with Crippen molar-refractivity contribution in [3.05, 3.63) is 64.0 Å². The largest absolute Gasteiger partial charge is 0.477 e. The number of hydrogen-bond donors (Lipinski definition) is 1. The Labute approximate surface area is 142 Å². The van der Waals surface area contributed by atoms with Crippen LogP contribution in [0.3, 0.4) is 0 Å². The fourth-order valence-electron chi connectivity index (χ4n) is 2.45. The lowest BCUT2D eigenvalue weighted by Crippen LogP contribution is -2.07. The number of carboxylic acids is 1. The molecule has 0 amide bonds. The highest BCUT2D eigenvalue weighted by molar-refractivity contribution is 9.10. The summed E-state index contributed by atoms with van der Waals surface area (Å²) in [6.45, 7) is 0.245. The van der Waals surface area contributed by atoms with Crippen molar-refractivity contribution >= 4 is 32.8 Å². The number of hydrogen-bond acceptors (Lipinski definition) is 2. The number of carboxylic acid groups (broad SMARTS) is 1. The van der Waals surface area contributed by atoms with Crippen molar-refractivity contribution in [2.45, 2.75) is 12.7 Å². The molecule has 0 bridgehead atoms. The van der Waals surface area contributed by atoms with Gasteiger partial charge < -0.3 is 9.67 Å².